The average Bonchev–Trinajstić information content (AvgIpc) is 3.48. The lowest BCUT2D eigenvalue weighted by Gasteiger charge is -2.30. The first-order valence-electron chi connectivity index (χ1n) is 8.83. The van der Waals surface area contributed by atoms with Gasteiger partial charge in [-0.1, -0.05) is 5.16 Å². The number of hydrogen-bond acceptors (Lipinski definition) is 7. The SMILES string of the molecule is O=C(c1ccsc1)N1CCC(c2nc(-c3ccc4c(c3)OCO4)no2)CC1. The zero-order chi connectivity index (χ0) is 18.2. The van der Waals surface area contributed by atoms with Crippen molar-refractivity contribution in [3.63, 3.8) is 0 Å². The van der Waals surface area contributed by atoms with Crippen LogP contribution in [0.5, 0.6) is 11.5 Å². The molecule has 0 aliphatic carbocycles. The Morgan fingerprint density at radius 2 is 2.00 bits per heavy atom. The molecule has 0 spiro atoms. The Balaban J connectivity index is 1.27. The summed E-state index contributed by atoms with van der Waals surface area (Å²) in [5, 5.41) is 7.94. The minimum atomic E-state index is 0.0984. The van der Waals surface area contributed by atoms with Crippen molar-refractivity contribution in [1.82, 2.24) is 15.0 Å². The fourth-order valence-electron chi connectivity index (χ4n) is 3.45. The molecule has 2 aromatic heterocycles. The number of benzene rings is 1. The molecule has 1 aromatic carbocycles. The highest BCUT2D eigenvalue weighted by molar-refractivity contribution is 7.08. The van der Waals surface area contributed by atoms with Crippen LogP contribution in [0, 0.1) is 0 Å². The number of nitrogens with zero attached hydrogens (tertiary/aromatic N) is 3. The third-order valence-corrected chi connectivity index (χ3v) is 5.66. The van der Waals surface area contributed by atoms with Crippen LogP contribution in [0.4, 0.5) is 0 Å². The van der Waals surface area contributed by atoms with E-state index in [0.29, 0.717) is 30.6 Å². The van der Waals surface area contributed by atoms with Crippen molar-refractivity contribution in [2.24, 2.45) is 0 Å². The summed E-state index contributed by atoms with van der Waals surface area (Å²) in [6.45, 7) is 1.63. The van der Waals surface area contributed by atoms with Crippen LogP contribution in [-0.4, -0.2) is 40.8 Å². The van der Waals surface area contributed by atoms with E-state index in [9.17, 15) is 4.79 Å². The predicted octanol–water partition coefficient (Wildman–Crippen LogP) is 3.55. The molecule has 27 heavy (non-hydrogen) atoms. The molecule has 1 amide bonds. The Morgan fingerprint density at radius 1 is 1.15 bits per heavy atom. The first-order valence-corrected chi connectivity index (χ1v) is 9.77. The number of hydrogen-bond donors (Lipinski definition) is 0. The molecule has 2 aliphatic heterocycles. The van der Waals surface area contributed by atoms with Crippen molar-refractivity contribution in [2.45, 2.75) is 18.8 Å². The van der Waals surface area contributed by atoms with Crippen molar-refractivity contribution >= 4 is 17.2 Å². The summed E-state index contributed by atoms with van der Waals surface area (Å²) >= 11 is 1.54. The lowest BCUT2D eigenvalue weighted by molar-refractivity contribution is 0.0705. The van der Waals surface area contributed by atoms with Crippen molar-refractivity contribution in [1.29, 1.82) is 0 Å². The molecular formula is C19H17N3O4S. The van der Waals surface area contributed by atoms with Crippen LogP contribution in [0.2, 0.25) is 0 Å². The van der Waals surface area contributed by atoms with Gasteiger partial charge in [0.25, 0.3) is 5.91 Å². The minimum Gasteiger partial charge on any atom is -0.454 e. The molecule has 0 saturated carbocycles. The summed E-state index contributed by atoms with van der Waals surface area (Å²) in [5.41, 5.74) is 1.60. The Bertz CT molecular complexity index is 961. The van der Waals surface area contributed by atoms with Gasteiger partial charge in [-0.15, -0.1) is 0 Å². The Morgan fingerprint density at radius 3 is 2.81 bits per heavy atom. The van der Waals surface area contributed by atoms with Crippen molar-refractivity contribution in [2.75, 3.05) is 19.9 Å². The van der Waals surface area contributed by atoms with Gasteiger partial charge >= 0.3 is 0 Å². The predicted molar refractivity (Wildman–Crippen MR) is 98.1 cm³/mol. The van der Waals surface area contributed by atoms with Gasteiger partial charge in [0.1, 0.15) is 0 Å². The maximum Gasteiger partial charge on any atom is 0.254 e. The summed E-state index contributed by atoms with van der Waals surface area (Å²) in [5.74, 6) is 2.86. The zero-order valence-corrected chi connectivity index (χ0v) is 15.3. The summed E-state index contributed by atoms with van der Waals surface area (Å²) in [7, 11) is 0. The zero-order valence-electron chi connectivity index (χ0n) is 14.5. The highest BCUT2D eigenvalue weighted by Gasteiger charge is 2.28. The highest BCUT2D eigenvalue weighted by Crippen LogP contribution is 2.36. The van der Waals surface area contributed by atoms with E-state index in [0.717, 1.165) is 29.7 Å². The van der Waals surface area contributed by atoms with Gasteiger partial charge in [0.05, 0.1) is 5.56 Å². The van der Waals surface area contributed by atoms with E-state index in [2.05, 4.69) is 10.1 Å². The van der Waals surface area contributed by atoms with Gasteiger partial charge in [-0.25, -0.2) is 0 Å². The second-order valence-corrected chi connectivity index (χ2v) is 7.38. The maximum atomic E-state index is 12.4. The third kappa shape index (κ3) is 3.06. The molecule has 3 aromatic rings. The molecule has 2 aliphatic rings. The molecule has 0 bridgehead atoms. The fourth-order valence-corrected chi connectivity index (χ4v) is 4.08. The number of amides is 1. The summed E-state index contributed by atoms with van der Waals surface area (Å²) in [6.07, 6.45) is 1.64. The van der Waals surface area contributed by atoms with E-state index >= 15 is 0 Å². The van der Waals surface area contributed by atoms with Crippen LogP contribution >= 0.6 is 11.3 Å². The number of piperidine rings is 1. The third-order valence-electron chi connectivity index (χ3n) is 4.97. The second kappa shape index (κ2) is 6.70. The van der Waals surface area contributed by atoms with Gasteiger partial charge < -0.3 is 18.9 Å². The number of carbonyl (C=O) groups excluding carboxylic acids is 1. The maximum absolute atomic E-state index is 12.4. The Kier molecular flexibility index (Phi) is 4.05. The van der Waals surface area contributed by atoms with Crippen LogP contribution in [0.15, 0.2) is 39.5 Å². The second-order valence-electron chi connectivity index (χ2n) is 6.60. The Labute approximate surface area is 159 Å². The molecular weight excluding hydrogens is 366 g/mol. The van der Waals surface area contributed by atoms with Crippen LogP contribution in [0.25, 0.3) is 11.4 Å². The van der Waals surface area contributed by atoms with Crippen LogP contribution < -0.4 is 9.47 Å². The largest absolute Gasteiger partial charge is 0.454 e. The quantitative estimate of drug-likeness (QED) is 0.688. The molecule has 0 unspecified atom stereocenters. The number of fused-ring (bicyclic) bond motifs is 1. The van der Waals surface area contributed by atoms with Crippen molar-refractivity contribution in [3.8, 4) is 22.9 Å². The molecule has 5 rings (SSSR count). The van der Waals surface area contributed by atoms with Crippen molar-refractivity contribution in [3.05, 3.63) is 46.5 Å². The molecule has 0 radical (unpaired) electrons. The summed E-state index contributed by atoms with van der Waals surface area (Å²) in [4.78, 5) is 18.9. The van der Waals surface area contributed by atoms with E-state index in [1.165, 1.54) is 11.3 Å². The number of ether oxygens (including phenoxy) is 2. The first kappa shape index (κ1) is 16.3. The average molecular weight is 383 g/mol. The number of thiophene rings is 1. The first-order chi connectivity index (χ1) is 13.3. The van der Waals surface area contributed by atoms with E-state index in [-0.39, 0.29) is 18.6 Å². The number of rotatable bonds is 3. The molecule has 1 saturated heterocycles. The normalized spacial score (nSPS) is 16.7. The van der Waals surface area contributed by atoms with Gasteiger partial charge in [-0.05, 0) is 42.5 Å². The Hall–Kier alpha value is -2.87. The minimum absolute atomic E-state index is 0.0984. The smallest absolute Gasteiger partial charge is 0.254 e. The lowest BCUT2D eigenvalue weighted by atomic mass is 9.96. The molecule has 8 heteroatoms. The molecule has 0 atom stereocenters. The fraction of sp³-hybridized carbons (Fsp3) is 0.316. The number of likely N-dealkylation sites (tertiary alicyclic amines) is 1. The van der Waals surface area contributed by atoms with Crippen LogP contribution in [0.3, 0.4) is 0 Å². The van der Waals surface area contributed by atoms with Crippen molar-refractivity contribution < 1.29 is 18.8 Å². The number of carbonyl (C=O) groups is 1. The van der Waals surface area contributed by atoms with Gasteiger partial charge in [0, 0.05) is 30.0 Å². The summed E-state index contributed by atoms with van der Waals surface area (Å²) < 4.78 is 16.2. The highest BCUT2D eigenvalue weighted by atomic mass is 32.1. The molecule has 1 fully saturated rings. The van der Waals surface area contributed by atoms with Gasteiger partial charge in [0.15, 0.2) is 11.5 Å². The van der Waals surface area contributed by atoms with E-state index in [4.69, 9.17) is 14.0 Å². The lowest BCUT2D eigenvalue weighted by Crippen LogP contribution is -2.37. The van der Waals surface area contributed by atoms with E-state index in [1.54, 1.807) is 0 Å². The summed E-state index contributed by atoms with van der Waals surface area (Å²) in [6, 6.07) is 7.47. The molecule has 0 N–H and O–H groups in total. The molecule has 7 nitrogen and oxygen atoms in total. The van der Waals surface area contributed by atoms with Gasteiger partial charge in [0.2, 0.25) is 18.5 Å². The van der Waals surface area contributed by atoms with Gasteiger partial charge in [-0.2, -0.15) is 16.3 Å². The standard InChI is InChI=1S/C19H17N3O4S/c23-19(14-5-8-27-10-14)22-6-3-12(4-7-22)18-20-17(21-26-18)13-1-2-15-16(9-13)25-11-24-15/h1-2,5,8-10,12H,3-4,6-7,11H2. The monoisotopic (exact) mass is 383 g/mol. The van der Waals surface area contributed by atoms with Crippen LogP contribution in [0.1, 0.15) is 35.0 Å². The van der Waals surface area contributed by atoms with E-state index in [1.807, 2.05) is 39.9 Å². The molecule has 4 heterocycles. The topological polar surface area (TPSA) is 77.7 Å². The van der Waals surface area contributed by atoms with E-state index < -0.39 is 0 Å². The number of aromatic nitrogens is 2. The van der Waals surface area contributed by atoms with Crippen LogP contribution in [-0.2, 0) is 0 Å². The van der Waals surface area contributed by atoms with Gasteiger partial charge in [-0.3, -0.25) is 4.79 Å². The molecule has 138 valence electrons.